The molecule has 1 amide bonds. The normalized spacial score (nSPS) is 11.3. The SMILES string of the molecule is CCCC(C)(C)c1cc(C(=O)Nc2ccc(C)c(-c3ccnc(Cl)n3)c2)ccn1. The Morgan fingerprint density at radius 2 is 1.86 bits per heavy atom. The van der Waals surface area contributed by atoms with Crippen LogP contribution in [0.1, 0.15) is 55.2 Å². The van der Waals surface area contributed by atoms with Crippen molar-refractivity contribution in [3.63, 3.8) is 0 Å². The van der Waals surface area contributed by atoms with Crippen molar-refractivity contribution in [3.05, 3.63) is 70.9 Å². The maximum absolute atomic E-state index is 12.9. The number of hydrogen-bond acceptors (Lipinski definition) is 4. The molecule has 3 aromatic rings. The number of rotatable bonds is 6. The minimum atomic E-state index is -0.170. The van der Waals surface area contributed by atoms with Gasteiger partial charge < -0.3 is 5.32 Å². The van der Waals surface area contributed by atoms with Gasteiger partial charge in [0, 0.05) is 40.3 Å². The maximum atomic E-state index is 12.9. The van der Waals surface area contributed by atoms with Crippen molar-refractivity contribution < 1.29 is 4.79 Å². The molecule has 0 saturated heterocycles. The Labute approximate surface area is 176 Å². The van der Waals surface area contributed by atoms with Crippen molar-refractivity contribution in [1.29, 1.82) is 0 Å². The molecular formula is C23H25ClN4O. The summed E-state index contributed by atoms with van der Waals surface area (Å²) in [5.41, 5.74) is 4.77. The average Bonchev–Trinajstić information content (AvgIpc) is 2.69. The third kappa shape index (κ3) is 4.98. The Hall–Kier alpha value is -2.79. The summed E-state index contributed by atoms with van der Waals surface area (Å²) in [7, 11) is 0. The lowest BCUT2D eigenvalue weighted by Crippen LogP contribution is -2.20. The zero-order valence-corrected chi connectivity index (χ0v) is 17.9. The van der Waals surface area contributed by atoms with Gasteiger partial charge in [0.2, 0.25) is 5.28 Å². The largest absolute Gasteiger partial charge is 0.322 e. The van der Waals surface area contributed by atoms with Gasteiger partial charge in [-0.2, -0.15) is 0 Å². The lowest BCUT2D eigenvalue weighted by molar-refractivity contribution is 0.102. The molecule has 6 heteroatoms. The number of hydrogen-bond donors (Lipinski definition) is 1. The fourth-order valence-corrected chi connectivity index (χ4v) is 3.51. The number of aromatic nitrogens is 3. The predicted octanol–water partition coefficient (Wildman–Crippen LogP) is 5.83. The number of anilines is 1. The molecule has 0 aliphatic carbocycles. The van der Waals surface area contributed by atoms with Crippen molar-refractivity contribution in [3.8, 4) is 11.3 Å². The summed E-state index contributed by atoms with van der Waals surface area (Å²) in [4.78, 5) is 25.5. The van der Waals surface area contributed by atoms with Crippen LogP contribution < -0.4 is 5.32 Å². The molecule has 2 aromatic heterocycles. The highest BCUT2D eigenvalue weighted by Gasteiger charge is 2.22. The third-order valence-electron chi connectivity index (χ3n) is 4.99. The first-order valence-corrected chi connectivity index (χ1v) is 10.1. The van der Waals surface area contributed by atoms with Crippen LogP contribution in [0.3, 0.4) is 0 Å². The first kappa shape index (κ1) is 20.9. The van der Waals surface area contributed by atoms with Crippen molar-refractivity contribution in [2.75, 3.05) is 5.32 Å². The summed E-state index contributed by atoms with van der Waals surface area (Å²) in [6.07, 6.45) is 5.38. The average molecular weight is 409 g/mol. The summed E-state index contributed by atoms with van der Waals surface area (Å²) in [5.74, 6) is -0.170. The van der Waals surface area contributed by atoms with Gasteiger partial charge in [-0.15, -0.1) is 0 Å². The Morgan fingerprint density at radius 1 is 1.10 bits per heavy atom. The van der Waals surface area contributed by atoms with E-state index in [9.17, 15) is 4.79 Å². The molecule has 1 N–H and O–H groups in total. The van der Waals surface area contributed by atoms with Crippen LogP contribution in [0.5, 0.6) is 0 Å². The molecule has 0 radical (unpaired) electrons. The van der Waals surface area contributed by atoms with Crippen LogP contribution in [0.15, 0.2) is 48.8 Å². The Bertz CT molecular complexity index is 1030. The number of benzene rings is 1. The molecular weight excluding hydrogens is 384 g/mol. The number of carbonyl (C=O) groups is 1. The second-order valence-electron chi connectivity index (χ2n) is 7.76. The van der Waals surface area contributed by atoms with Crippen LogP contribution in [0.25, 0.3) is 11.3 Å². The molecule has 1 aromatic carbocycles. The Balaban J connectivity index is 1.86. The topological polar surface area (TPSA) is 67.8 Å². The van der Waals surface area contributed by atoms with Crippen LogP contribution in [0.4, 0.5) is 5.69 Å². The van der Waals surface area contributed by atoms with Crippen molar-refractivity contribution >= 4 is 23.2 Å². The van der Waals surface area contributed by atoms with E-state index >= 15 is 0 Å². The third-order valence-corrected chi connectivity index (χ3v) is 5.17. The summed E-state index contributed by atoms with van der Waals surface area (Å²) < 4.78 is 0. The first-order valence-electron chi connectivity index (χ1n) is 9.67. The van der Waals surface area contributed by atoms with Gasteiger partial charge >= 0.3 is 0 Å². The minimum Gasteiger partial charge on any atom is -0.322 e. The molecule has 0 aliphatic rings. The van der Waals surface area contributed by atoms with Crippen LogP contribution in [-0.2, 0) is 5.41 Å². The highest BCUT2D eigenvalue weighted by atomic mass is 35.5. The number of aryl methyl sites for hydroxylation is 1. The van der Waals surface area contributed by atoms with E-state index in [1.54, 1.807) is 24.5 Å². The van der Waals surface area contributed by atoms with Crippen LogP contribution in [-0.4, -0.2) is 20.9 Å². The van der Waals surface area contributed by atoms with Gasteiger partial charge in [-0.25, -0.2) is 9.97 Å². The van der Waals surface area contributed by atoms with E-state index in [1.165, 1.54) is 0 Å². The Morgan fingerprint density at radius 3 is 2.59 bits per heavy atom. The molecule has 0 spiro atoms. The fraction of sp³-hybridized carbons (Fsp3) is 0.304. The van der Waals surface area contributed by atoms with Gasteiger partial charge in [-0.3, -0.25) is 9.78 Å². The van der Waals surface area contributed by atoms with E-state index in [0.29, 0.717) is 16.9 Å². The number of amides is 1. The van der Waals surface area contributed by atoms with Crippen molar-refractivity contribution in [2.24, 2.45) is 0 Å². The van der Waals surface area contributed by atoms with E-state index in [-0.39, 0.29) is 16.6 Å². The molecule has 3 rings (SSSR count). The van der Waals surface area contributed by atoms with Gasteiger partial charge in [0.15, 0.2) is 0 Å². The number of nitrogens with zero attached hydrogens (tertiary/aromatic N) is 3. The monoisotopic (exact) mass is 408 g/mol. The van der Waals surface area contributed by atoms with Gasteiger partial charge in [-0.1, -0.05) is 33.3 Å². The molecule has 0 fully saturated rings. The summed E-state index contributed by atoms with van der Waals surface area (Å²) in [5, 5.41) is 3.17. The molecule has 0 bridgehead atoms. The maximum Gasteiger partial charge on any atom is 0.255 e. The van der Waals surface area contributed by atoms with E-state index in [2.05, 4.69) is 41.0 Å². The quantitative estimate of drug-likeness (QED) is 0.521. The molecule has 29 heavy (non-hydrogen) atoms. The van der Waals surface area contributed by atoms with Crippen LogP contribution in [0, 0.1) is 6.92 Å². The number of nitrogens with one attached hydrogen (secondary N) is 1. The van der Waals surface area contributed by atoms with Gasteiger partial charge in [-0.05, 0) is 60.8 Å². The highest BCUT2D eigenvalue weighted by Crippen LogP contribution is 2.28. The smallest absolute Gasteiger partial charge is 0.255 e. The molecule has 0 aliphatic heterocycles. The standard InChI is InChI=1S/C23H25ClN4O/c1-5-10-23(3,4)20-13-16(8-11-25-20)21(29)27-17-7-6-15(2)18(14-17)19-9-12-26-22(24)28-19/h6-9,11-14H,5,10H2,1-4H3,(H,27,29). The Kier molecular flexibility index (Phi) is 6.28. The number of carbonyl (C=O) groups excluding carboxylic acids is 1. The first-order chi connectivity index (χ1) is 13.8. The van der Waals surface area contributed by atoms with Gasteiger partial charge in [0.1, 0.15) is 0 Å². The van der Waals surface area contributed by atoms with Crippen molar-refractivity contribution in [1.82, 2.24) is 15.0 Å². The molecule has 0 saturated carbocycles. The van der Waals surface area contributed by atoms with Gasteiger partial charge in [0.05, 0.1) is 5.69 Å². The molecule has 2 heterocycles. The van der Waals surface area contributed by atoms with E-state index < -0.39 is 0 Å². The molecule has 0 atom stereocenters. The number of pyridine rings is 1. The zero-order chi connectivity index (χ0) is 21.0. The minimum absolute atomic E-state index is 0.0750. The zero-order valence-electron chi connectivity index (χ0n) is 17.2. The summed E-state index contributed by atoms with van der Waals surface area (Å²) in [6, 6.07) is 11.1. The second kappa shape index (κ2) is 8.70. The van der Waals surface area contributed by atoms with Crippen LogP contribution >= 0.6 is 11.6 Å². The molecule has 150 valence electrons. The van der Waals surface area contributed by atoms with Gasteiger partial charge in [0.25, 0.3) is 5.91 Å². The summed E-state index contributed by atoms with van der Waals surface area (Å²) in [6.45, 7) is 8.44. The highest BCUT2D eigenvalue weighted by molar-refractivity contribution is 6.28. The number of halogens is 1. The van der Waals surface area contributed by atoms with E-state index in [0.717, 1.165) is 29.7 Å². The van der Waals surface area contributed by atoms with E-state index in [1.807, 2.05) is 31.2 Å². The fourth-order valence-electron chi connectivity index (χ4n) is 3.36. The molecule has 5 nitrogen and oxygen atoms in total. The second-order valence-corrected chi connectivity index (χ2v) is 8.10. The lowest BCUT2D eigenvalue weighted by atomic mass is 9.83. The van der Waals surface area contributed by atoms with Crippen LogP contribution in [0.2, 0.25) is 5.28 Å². The van der Waals surface area contributed by atoms with E-state index in [4.69, 9.17) is 11.6 Å². The lowest BCUT2D eigenvalue weighted by Gasteiger charge is -2.23. The summed E-state index contributed by atoms with van der Waals surface area (Å²) >= 11 is 5.93. The van der Waals surface area contributed by atoms with Crippen molar-refractivity contribution in [2.45, 2.75) is 46.0 Å². The molecule has 0 unspecified atom stereocenters. The predicted molar refractivity (Wildman–Crippen MR) is 117 cm³/mol.